The second-order valence-electron chi connectivity index (χ2n) is 8.76. The van der Waals surface area contributed by atoms with Crippen LogP contribution in [0, 0.1) is 0 Å². The molecule has 0 unspecified atom stereocenters. The Balaban J connectivity index is 1.65. The first-order valence-corrected chi connectivity index (χ1v) is 11.5. The van der Waals surface area contributed by atoms with Gasteiger partial charge in [0.2, 0.25) is 0 Å². The molecule has 2 heterocycles. The molecule has 0 aromatic heterocycles. The van der Waals surface area contributed by atoms with Crippen molar-refractivity contribution in [2.24, 2.45) is 0 Å². The van der Waals surface area contributed by atoms with Crippen LogP contribution >= 0.6 is 11.8 Å². The Labute approximate surface area is 192 Å². The van der Waals surface area contributed by atoms with E-state index in [2.05, 4.69) is 6.58 Å². The number of methoxy groups -OCH3 is 1. The lowest BCUT2D eigenvalue weighted by atomic mass is 10.1. The topological polar surface area (TPSA) is 85.4 Å². The van der Waals surface area contributed by atoms with Gasteiger partial charge in [0, 0.05) is 23.6 Å². The number of rotatable bonds is 5. The highest BCUT2D eigenvalue weighted by Crippen LogP contribution is 2.33. The second-order valence-corrected chi connectivity index (χ2v) is 9.82. The van der Waals surface area contributed by atoms with Gasteiger partial charge in [-0.3, -0.25) is 9.80 Å². The molecule has 0 saturated carbocycles. The average molecular weight is 463 g/mol. The quantitative estimate of drug-likeness (QED) is 0.283. The maximum Gasteiger partial charge on any atom is 0.411 e. The summed E-state index contributed by atoms with van der Waals surface area (Å²) in [5.41, 5.74) is 1.49. The first-order valence-electron chi connectivity index (χ1n) is 10.5. The Morgan fingerprint density at radius 3 is 2.62 bits per heavy atom. The third-order valence-electron chi connectivity index (χ3n) is 5.19. The Morgan fingerprint density at radius 2 is 1.97 bits per heavy atom. The zero-order valence-corrected chi connectivity index (χ0v) is 19.8. The van der Waals surface area contributed by atoms with Crippen LogP contribution in [-0.2, 0) is 32.1 Å². The number of hydrogen-bond donors (Lipinski definition) is 0. The number of benzene rings is 1. The van der Waals surface area contributed by atoms with Crippen LogP contribution in [0.25, 0.3) is 0 Å². The van der Waals surface area contributed by atoms with Crippen molar-refractivity contribution in [1.29, 1.82) is 0 Å². The van der Waals surface area contributed by atoms with Gasteiger partial charge in [0.05, 0.1) is 20.2 Å². The smallest absolute Gasteiger partial charge is 0.411 e. The number of likely N-dealkylation sites (tertiary alicyclic amines) is 1. The van der Waals surface area contributed by atoms with Crippen LogP contribution in [0.3, 0.4) is 0 Å². The molecule has 1 fully saturated rings. The minimum atomic E-state index is -0.856. The van der Waals surface area contributed by atoms with Gasteiger partial charge in [-0.25, -0.2) is 14.4 Å². The molecule has 2 aliphatic rings. The highest BCUT2D eigenvalue weighted by Gasteiger charge is 2.44. The molecule has 0 spiro atoms. The van der Waals surface area contributed by atoms with E-state index in [-0.39, 0.29) is 13.0 Å². The molecule has 0 radical (unpaired) electrons. The summed E-state index contributed by atoms with van der Waals surface area (Å²) in [5.74, 6) is 0.227. The summed E-state index contributed by atoms with van der Waals surface area (Å²) in [6, 6.07) is 5.17. The number of carbonyl (C=O) groups excluding carboxylic acids is 3. The van der Waals surface area contributed by atoms with Gasteiger partial charge >= 0.3 is 18.2 Å². The van der Waals surface area contributed by atoms with Crippen molar-refractivity contribution in [2.75, 3.05) is 19.4 Å². The molecule has 9 heteroatoms. The van der Waals surface area contributed by atoms with Crippen LogP contribution in [0.1, 0.15) is 38.3 Å². The summed E-state index contributed by atoms with van der Waals surface area (Å²) in [6.07, 6.45) is 0.278. The number of carbonyl (C=O) groups is 3. The van der Waals surface area contributed by atoms with E-state index in [0.717, 1.165) is 21.8 Å². The van der Waals surface area contributed by atoms with E-state index in [1.807, 2.05) is 24.3 Å². The number of esters is 1. The van der Waals surface area contributed by atoms with Gasteiger partial charge in [-0.1, -0.05) is 18.2 Å². The lowest BCUT2D eigenvalue weighted by molar-refractivity contribution is -0.145. The molecule has 8 nitrogen and oxygen atoms in total. The predicted molar refractivity (Wildman–Crippen MR) is 120 cm³/mol. The maximum atomic E-state index is 12.9. The highest BCUT2D eigenvalue weighted by atomic mass is 32.2. The minimum Gasteiger partial charge on any atom is -0.467 e. The van der Waals surface area contributed by atoms with Crippen LogP contribution < -0.4 is 0 Å². The Kier molecular flexibility index (Phi) is 7.38. The predicted octanol–water partition coefficient (Wildman–Crippen LogP) is 3.97. The summed E-state index contributed by atoms with van der Waals surface area (Å²) >= 11 is 1.68. The molecule has 1 aromatic carbocycles. The summed E-state index contributed by atoms with van der Waals surface area (Å²) in [4.78, 5) is 41.7. The molecular formula is C23H30N2O6S. The van der Waals surface area contributed by atoms with E-state index in [0.29, 0.717) is 13.1 Å². The summed E-state index contributed by atoms with van der Waals surface area (Å²) in [7, 11) is 1.26. The van der Waals surface area contributed by atoms with Gasteiger partial charge < -0.3 is 14.2 Å². The van der Waals surface area contributed by atoms with Crippen LogP contribution in [-0.4, -0.2) is 65.1 Å². The third kappa shape index (κ3) is 5.56. The number of hydrogen-bond acceptors (Lipinski definition) is 7. The zero-order chi connectivity index (χ0) is 23.5. The van der Waals surface area contributed by atoms with Crippen molar-refractivity contribution in [3.05, 3.63) is 42.0 Å². The summed E-state index contributed by atoms with van der Waals surface area (Å²) in [6.45, 7) is 9.99. The third-order valence-corrected chi connectivity index (χ3v) is 6.28. The van der Waals surface area contributed by atoms with Gasteiger partial charge in [0.25, 0.3) is 0 Å². The molecule has 3 rings (SSSR count). The van der Waals surface area contributed by atoms with Crippen LogP contribution in [0.2, 0.25) is 0 Å². The van der Waals surface area contributed by atoms with Gasteiger partial charge in [-0.05, 0) is 38.0 Å². The maximum absolute atomic E-state index is 12.9. The number of amides is 2. The molecule has 2 aliphatic heterocycles. The molecule has 2 atom stereocenters. The van der Waals surface area contributed by atoms with Crippen molar-refractivity contribution < 1.29 is 28.6 Å². The molecular weight excluding hydrogens is 432 g/mol. The van der Waals surface area contributed by atoms with E-state index < -0.39 is 35.9 Å². The minimum absolute atomic E-state index is 0.0711. The van der Waals surface area contributed by atoms with Crippen LogP contribution in [0.4, 0.5) is 9.59 Å². The van der Waals surface area contributed by atoms with Crippen LogP contribution in [0.5, 0.6) is 0 Å². The first kappa shape index (κ1) is 24.0. The molecule has 1 aromatic rings. The largest absolute Gasteiger partial charge is 0.467 e. The molecule has 1 saturated heterocycles. The second kappa shape index (κ2) is 9.85. The molecule has 32 heavy (non-hydrogen) atoms. The van der Waals surface area contributed by atoms with Crippen molar-refractivity contribution in [3.8, 4) is 0 Å². The molecule has 174 valence electrons. The van der Waals surface area contributed by atoms with Crippen molar-refractivity contribution >= 4 is 29.9 Å². The standard InChI is InChI=1S/C23H30N2O6S/c1-6-10-32-19-9-7-8-15-12-24(14-17(15)19)21(27)30-16-11-18(20(26)29-5)25(13-16)22(28)31-23(2,3)4/h6-9,16,18H,1,10-14H2,2-5H3/t16-,18+/m1/s1. The van der Waals surface area contributed by atoms with E-state index in [9.17, 15) is 14.4 Å². The zero-order valence-electron chi connectivity index (χ0n) is 19.0. The highest BCUT2D eigenvalue weighted by molar-refractivity contribution is 7.99. The molecule has 0 aliphatic carbocycles. The SMILES string of the molecule is C=CCSc1cccc2c1CN(C(=O)O[C@@H]1C[C@@H](C(=O)OC)N(C(=O)OC(C)(C)C)C1)C2. The van der Waals surface area contributed by atoms with Crippen molar-refractivity contribution in [1.82, 2.24) is 9.80 Å². The number of thioether (sulfide) groups is 1. The average Bonchev–Trinajstić information content (AvgIpc) is 3.35. The fraction of sp³-hybridized carbons (Fsp3) is 0.522. The van der Waals surface area contributed by atoms with Gasteiger partial charge in [0.1, 0.15) is 17.7 Å². The lowest BCUT2D eigenvalue weighted by Gasteiger charge is -2.27. The van der Waals surface area contributed by atoms with Crippen molar-refractivity contribution in [2.45, 2.75) is 62.9 Å². The normalized spacial score (nSPS) is 20.0. The van der Waals surface area contributed by atoms with E-state index >= 15 is 0 Å². The first-order chi connectivity index (χ1) is 15.1. The summed E-state index contributed by atoms with van der Waals surface area (Å²) < 4.78 is 15.9. The van der Waals surface area contributed by atoms with Gasteiger partial charge in [-0.2, -0.15) is 0 Å². The Hall–Kier alpha value is -2.68. The van der Waals surface area contributed by atoms with E-state index in [4.69, 9.17) is 14.2 Å². The lowest BCUT2D eigenvalue weighted by Crippen LogP contribution is -2.44. The molecule has 0 N–H and O–H groups in total. The van der Waals surface area contributed by atoms with Crippen molar-refractivity contribution in [3.63, 3.8) is 0 Å². The Morgan fingerprint density at radius 1 is 1.22 bits per heavy atom. The van der Waals surface area contributed by atoms with Crippen LogP contribution in [0.15, 0.2) is 35.7 Å². The molecule has 0 bridgehead atoms. The number of ether oxygens (including phenoxy) is 3. The fourth-order valence-corrected chi connectivity index (χ4v) is 4.63. The summed E-state index contributed by atoms with van der Waals surface area (Å²) in [5, 5.41) is 0. The van der Waals surface area contributed by atoms with Gasteiger partial charge in [-0.15, -0.1) is 18.3 Å². The fourth-order valence-electron chi connectivity index (χ4n) is 3.79. The monoisotopic (exact) mass is 462 g/mol. The molecule has 2 amide bonds. The number of nitrogens with zero attached hydrogens (tertiary/aromatic N) is 2. The number of fused-ring (bicyclic) bond motifs is 1. The van der Waals surface area contributed by atoms with E-state index in [1.165, 1.54) is 12.0 Å². The van der Waals surface area contributed by atoms with E-state index in [1.54, 1.807) is 37.4 Å². The van der Waals surface area contributed by atoms with Gasteiger partial charge in [0.15, 0.2) is 0 Å². The Bertz CT molecular complexity index is 897.